The molecule has 100 valence electrons. The summed E-state index contributed by atoms with van der Waals surface area (Å²) >= 11 is 0. The van der Waals surface area contributed by atoms with Crippen LogP contribution in [0, 0.1) is 5.92 Å². The topological polar surface area (TPSA) is 64.2 Å². The molecule has 1 aromatic heterocycles. The number of aryl methyl sites for hydroxylation is 1. The van der Waals surface area contributed by atoms with Gasteiger partial charge >= 0.3 is 0 Å². The van der Waals surface area contributed by atoms with Crippen LogP contribution < -0.4 is 10.6 Å². The first-order valence-electron chi connectivity index (χ1n) is 6.62. The average Bonchev–Trinajstić information content (AvgIpc) is 2.77. The Balaban J connectivity index is 1.95. The molecule has 1 aromatic carbocycles. The summed E-state index contributed by atoms with van der Waals surface area (Å²) in [6.45, 7) is 1.60. The van der Waals surface area contributed by atoms with Crippen molar-refractivity contribution in [3.8, 4) is 0 Å². The van der Waals surface area contributed by atoms with Gasteiger partial charge in [0.05, 0.1) is 17.0 Å². The van der Waals surface area contributed by atoms with Gasteiger partial charge in [-0.2, -0.15) is 0 Å². The lowest BCUT2D eigenvalue weighted by atomic mass is 9.98. The maximum atomic E-state index is 11.4. The van der Waals surface area contributed by atoms with Gasteiger partial charge in [-0.1, -0.05) is 12.1 Å². The van der Waals surface area contributed by atoms with Gasteiger partial charge in [0.1, 0.15) is 0 Å². The molecule has 19 heavy (non-hydrogen) atoms. The summed E-state index contributed by atoms with van der Waals surface area (Å²) in [5.41, 5.74) is 7.52. The molecule has 3 rings (SSSR count). The number of carbonyl (C=O) groups excluding carboxylic acids is 1. The summed E-state index contributed by atoms with van der Waals surface area (Å²) in [6, 6.07) is 8.06. The Kier molecular flexibility index (Phi) is 2.89. The van der Waals surface area contributed by atoms with Crippen LogP contribution in [0.5, 0.6) is 0 Å². The summed E-state index contributed by atoms with van der Waals surface area (Å²) in [5, 5.41) is 0. The number of rotatable bonds is 2. The van der Waals surface area contributed by atoms with Gasteiger partial charge in [-0.3, -0.25) is 4.79 Å². The Bertz CT molecular complexity index is 619. The van der Waals surface area contributed by atoms with Crippen molar-refractivity contribution < 1.29 is 4.79 Å². The van der Waals surface area contributed by atoms with Crippen molar-refractivity contribution in [2.45, 2.75) is 12.8 Å². The highest BCUT2D eigenvalue weighted by molar-refractivity contribution is 5.80. The largest absolute Gasteiger partial charge is 0.369 e. The molecule has 1 aliphatic heterocycles. The lowest BCUT2D eigenvalue weighted by Gasteiger charge is -2.31. The molecule has 2 N–H and O–H groups in total. The number of nitrogens with two attached hydrogens (primary N) is 1. The van der Waals surface area contributed by atoms with E-state index in [1.54, 1.807) is 0 Å². The van der Waals surface area contributed by atoms with Crippen molar-refractivity contribution in [1.82, 2.24) is 9.55 Å². The number of aromatic nitrogens is 2. The number of amides is 1. The van der Waals surface area contributed by atoms with E-state index in [2.05, 4.69) is 20.5 Å². The highest BCUT2D eigenvalue weighted by Gasteiger charge is 2.26. The summed E-state index contributed by atoms with van der Waals surface area (Å²) in [6.07, 6.45) is 1.87. The number of imidazole rings is 1. The number of hydrogen-bond donors (Lipinski definition) is 1. The second kappa shape index (κ2) is 4.57. The van der Waals surface area contributed by atoms with Crippen molar-refractivity contribution in [2.75, 3.05) is 18.0 Å². The Hall–Kier alpha value is -2.04. The van der Waals surface area contributed by atoms with Gasteiger partial charge in [-0.25, -0.2) is 4.98 Å². The van der Waals surface area contributed by atoms with Gasteiger partial charge in [-0.15, -0.1) is 0 Å². The zero-order valence-electron chi connectivity index (χ0n) is 11.0. The molecule has 5 nitrogen and oxygen atoms in total. The predicted octanol–water partition coefficient (Wildman–Crippen LogP) is 1.27. The van der Waals surface area contributed by atoms with E-state index in [-0.39, 0.29) is 11.8 Å². The quantitative estimate of drug-likeness (QED) is 0.882. The van der Waals surface area contributed by atoms with Gasteiger partial charge in [0.2, 0.25) is 11.9 Å². The van der Waals surface area contributed by atoms with Gasteiger partial charge in [-0.05, 0) is 25.0 Å². The number of hydrogen-bond acceptors (Lipinski definition) is 3. The zero-order valence-corrected chi connectivity index (χ0v) is 11.0. The second-order valence-corrected chi connectivity index (χ2v) is 5.15. The first-order chi connectivity index (χ1) is 9.16. The van der Waals surface area contributed by atoms with Crippen LogP contribution in [0.3, 0.4) is 0 Å². The highest BCUT2D eigenvalue weighted by atomic mass is 16.1. The monoisotopic (exact) mass is 258 g/mol. The lowest BCUT2D eigenvalue weighted by molar-refractivity contribution is -0.122. The number of anilines is 1. The molecule has 2 heterocycles. The van der Waals surface area contributed by atoms with Crippen molar-refractivity contribution >= 4 is 22.9 Å². The van der Waals surface area contributed by atoms with Crippen LogP contribution in [0.2, 0.25) is 0 Å². The molecule has 0 aliphatic carbocycles. The molecule has 1 atom stereocenters. The summed E-state index contributed by atoms with van der Waals surface area (Å²) in [7, 11) is 2.01. The molecule has 0 bridgehead atoms. The van der Waals surface area contributed by atoms with E-state index in [1.807, 2.05) is 25.2 Å². The fourth-order valence-electron chi connectivity index (χ4n) is 2.81. The minimum atomic E-state index is -0.205. The average molecular weight is 258 g/mol. The van der Waals surface area contributed by atoms with E-state index in [1.165, 1.54) is 0 Å². The van der Waals surface area contributed by atoms with Crippen LogP contribution in [0.15, 0.2) is 24.3 Å². The summed E-state index contributed by atoms with van der Waals surface area (Å²) in [4.78, 5) is 18.2. The van der Waals surface area contributed by atoms with Gasteiger partial charge in [0.15, 0.2) is 0 Å². The van der Waals surface area contributed by atoms with Crippen LogP contribution in [-0.4, -0.2) is 28.5 Å². The van der Waals surface area contributed by atoms with Crippen LogP contribution in [0.4, 0.5) is 5.95 Å². The van der Waals surface area contributed by atoms with E-state index in [4.69, 9.17) is 5.73 Å². The summed E-state index contributed by atoms with van der Waals surface area (Å²) < 4.78 is 2.08. The van der Waals surface area contributed by atoms with Crippen molar-refractivity contribution in [1.29, 1.82) is 0 Å². The number of para-hydroxylation sites is 2. The molecule has 1 fully saturated rings. The third kappa shape index (κ3) is 2.05. The SMILES string of the molecule is Cn1c(N2CCC[C@H](C(N)=O)C2)nc2ccccc21. The lowest BCUT2D eigenvalue weighted by Crippen LogP contribution is -2.42. The van der Waals surface area contributed by atoms with E-state index >= 15 is 0 Å². The maximum absolute atomic E-state index is 11.4. The van der Waals surface area contributed by atoms with E-state index < -0.39 is 0 Å². The minimum absolute atomic E-state index is 0.0615. The third-order valence-electron chi connectivity index (χ3n) is 3.87. The third-order valence-corrected chi connectivity index (χ3v) is 3.87. The molecule has 0 unspecified atom stereocenters. The van der Waals surface area contributed by atoms with Gasteiger partial charge < -0.3 is 15.2 Å². The van der Waals surface area contributed by atoms with Gasteiger partial charge in [0.25, 0.3) is 0 Å². The maximum Gasteiger partial charge on any atom is 0.222 e. The number of primary amides is 1. The summed E-state index contributed by atoms with van der Waals surface area (Å²) in [5.74, 6) is 0.657. The molecule has 1 aliphatic rings. The minimum Gasteiger partial charge on any atom is -0.369 e. The number of carbonyl (C=O) groups is 1. The number of benzene rings is 1. The molecule has 1 saturated heterocycles. The molecule has 1 amide bonds. The van der Waals surface area contributed by atoms with Gasteiger partial charge in [0, 0.05) is 20.1 Å². The number of nitrogens with zero attached hydrogens (tertiary/aromatic N) is 3. The fourth-order valence-corrected chi connectivity index (χ4v) is 2.81. The molecule has 5 heteroatoms. The normalized spacial score (nSPS) is 19.8. The van der Waals surface area contributed by atoms with Crippen molar-refractivity contribution in [2.24, 2.45) is 18.7 Å². The Morgan fingerprint density at radius 2 is 2.21 bits per heavy atom. The van der Waals surface area contributed by atoms with Crippen LogP contribution >= 0.6 is 0 Å². The van der Waals surface area contributed by atoms with Crippen LogP contribution in [0.1, 0.15) is 12.8 Å². The molecule has 2 aromatic rings. The van der Waals surface area contributed by atoms with Crippen LogP contribution in [-0.2, 0) is 11.8 Å². The predicted molar refractivity (Wildman–Crippen MR) is 74.8 cm³/mol. The van der Waals surface area contributed by atoms with E-state index in [9.17, 15) is 4.79 Å². The van der Waals surface area contributed by atoms with Crippen molar-refractivity contribution in [3.63, 3.8) is 0 Å². The van der Waals surface area contributed by atoms with E-state index in [0.717, 1.165) is 36.4 Å². The smallest absolute Gasteiger partial charge is 0.222 e. The Morgan fingerprint density at radius 3 is 2.95 bits per heavy atom. The Labute approximate surface area is 112 Å². The zero-order chi connectivity index (χ0) is 13.4. The molecule has 0 radical (unpaired) electrons. The van der Waals surface area contributed by atoms with Crippen LogP contribution in [0.25, 0.3) is 11.0 Å². The second-order valence-electron chi connectivity index (χ2n) is 5.15. The number of piperidine rings is 1. The molecule has 0 saturated carbocycles. The molecular weight excluding hydrogens is 240 g/mol. The Morgan fingerprint density at radius 1 is 1.42 bits per heavy atom. The first-order valence-corrected chi connectivity index (χ1v) is 6.62. The first kappa shape index (κ1) is 12.0. The highest BCUT2D eigenvalue weighted by Crippen LogP contribution is 2.25. The standard InChI is InChI=1S/C14H18N4O/c1-17-12-7-3-2-6-11(12)16-14(17)18-8-4-5-10(9-18)13(15)19/h2-3,6-7,10H,4-5,8-9H2,1H3,(H2,15,19)/t10-/m0/s1. The number of fused-ring (bicyclic) bond motifs is 1. The molecular formula is C14H18N4O. The fraction of sp³-hybridized carbons (Fsp3) is 0.429. The van der Waals surface area contributed by atoms with Crippen molar-refractivity contribution in [3.05, 3.63) is 24.3 Å². The van der Waals surface area contributed by atoms with E-state index in [0.29, 0.717) is 6.54 Å². The molecule has 0 spiro atoms.